The summed E-state index contributed by atoms with van der Waals surface area (Å²) in [6, 6.07) is 5.01. The third-order valence-corrected chi connectivity index (χ3v) is 3.94. The number of nitrogens with two attached hydrogens (primary N) is 1. The number of rotatable bonds is 2. The minimum atomic E-state index is -0.324. The molecule has 0 radical (unpaired) electrons. The molecule has 0 spiro atoms. The van der Waals surface area contributed by atoms with Crippen LogP contribution in [0.5, 0.6) is 0 Å². The standard InChI is InChI=1S/C11H7BrN4O2S/c12-5-1-2-6-7(3-5)10(18)16(9(6)17)4-8-14-15-11(13)19-8/h1-3H,4H2,(H2,13,15). The maximum absolute atomic E-state index is 12.2. The molecular formula is C11H7BrN4O2S. The van der Waals surface area contributed by atoms with E-state index >= 15 is 0 Å². The summed E-state index contributed by atoms with van der Waals surface area (Å²) < 4.78 is 0.759. The lowest BCUT2D eigenvalue weighted by Gasteiger charge is -2.10. The molecule has 1 aliphatic rings. The fraction of sp³-hybridized carbons (Fsp3) is 0.0909. The first-order valence-electron chi connectivity index (χ1n) is 5.30. The highest BCUT2D eigenvalue weighted by atomic mass is 79.9. The van der Waals surface area contributed by atoms with Gasteiger partial charge in [-0.05, 0) is 18.2 Å². The van der Waals surface area contributed by atoms with Gasteiger partial charge in [-0.2, -0.15) is 0 Å². The summed E-state index contributed by atoms with van der Waals surface area (Å²) in [4.78, 5) is 25.5. The van der Waals surface area contributed by atoms with E-state index in [1.807, 2.05) is 0 Å². The van der Waals surface area contributed by atoms with Gasteiger partial charge in [0, 0.05) is 4.47 Å². The minimum Gasteiger partial charge on any atom is -0.374 e. The lowest BCUT2D eigenvalue weighted by atomic mass is 10.1. The molecule has 0 bridgehead atoms. The number of hydrogen-bond donors (Lipinski definition) is 1. The number of imide groups is 1. The predicted octanol–water partition coefficient (Wildman–Crippen LogP) is 1.68. The van der Waals surface area contributed by atoms with E-state index in [1.165, 1.54) is 0 Å². The predicted molar refractivity (Wildman–Crippen MR) is 72.7 cm³/mol. The minimum absolute atomic E-state index is 0.0961. The number of hydrogen-bond acceptors (Lipinski definition) is 6. The van der Waals surface area contributed by atoms with Crippen molar-refractivity contribution < 1.29 is 9.59 Å². The number of carbonyl (C=O) groups excluding carboxylic acids is 2. The topological polar surface area (TPSA) is 89.2 Å². The van der Waals surface area contributed by atoms with E-state index in [0.29, 0.717) is 21.3 Å². The van der Waals surface area contributed by atoms with Crippen LogP contribution < -0.4 is 5.73 Å². The smallest absolute Gasteiger partial charge is 0.261 e. The Morgan fingerprint density at radius 1 is 1.21 bits per heavy atom. The van der Waals surface area contributed by atoms with Crippen molar-refractivity contribution in [3.63, 3.8) is 0 Å². The van der Waals surface area contributed by atoms with Gasteiger partial charge >= 0.3 is 0 Å². The Morgan fingerprint density at radius 2 is 1.95 bits per heavy atom. The van der Waals surface area contributed by atoms with Gasteiger partial charge in [-0.1, -0.05) is 27.3 Å². The quantitative estimate of drug-likeness (QED) is 0.841. The van der Waals surface area contributed by atoms with Gasteiger partial charge in [-0.15, -0.1) is 10.2 Å². The van der Waals surface area contributed by atoms with E-state index in [-0.39, 0.29) is 18.4 Å². The van der Waals surface area contributed by atoms with Gasteiger partial charge in [0.05, 0.1) is 17.7 Å². The van der Waals surface area contributed by atoms with Crippen LogP contribution in [-0.2, 0) is 6.54 Å². The number of fused-ring (bicyclic) bond motifs is 1. The zero-order valence-electron chi connectivity index (χ0n) is 9.46. The summed E-state index contributed by atoms with van der Waals surface area (Å²) in [5.41, 5.74) is 6.28. The molecule has 0 saturated heterocycles. The Labute approximate surface area is 120 Å². The first-order valence-corrected chi connectivity index (χ1v) is 6.91. The molecular weight excluding hydrogens is 332 g/mol. The van der Waals surface area contributed by atoms with Gasteiger partial charge in [0.15, 0.2) is 0 Å². The van der Waals surface area contributed by atoms with Crippen LogP contribution in [0.25, 0.3) is 0 Å². The van der Waals surface area contributed by atoms with Crippen molar-refractivity contribution in [2.45, 2.75) is 6.54 Å². The molecule has 2 heterocycles. The summed E-state index contributed by atoms with van der Waals surface area (Å²) >= 11 is 4.44. The van der Waals surface area contributed by atoms with Crippen LogP contribution in [-0.4, -0.2) is 26.9 Å². The molecule has 2 N–H and O–H groups in total. The van der Waals surface area contributed by atoms with Crippen molar-refractivity contribution >= 4 is 44.2 Å². The highest BCUT2D eigenvalue weighted by Crippen LogP contribution is 2.27. The lowest BCUT2D eigenvalue weighted by molar-refractivity contribution is 0.0642. The molecule has 1 aromatic carbocycles. The largest absolute Gasteiger partial charge is 0.374 e. The van der Waals surface area contributed by atoms with Crippen molar-refractivity contribution in [3.8, 4) is 0 Å². The molecule has 8 heteroatoms. The molecule has 2 aromatic rings. The second-order valence-corrected chi connectivity index (χ2v) is 5.93. The highest BCUT2D eigenvalue weighted by Gasteiger charge is 2.36. The maximum Gasteiger partial charge on any atom is 0.261 e. The molecule has 1 aliphatic heterocycles. The molecule has 1 aromatic heterocycles. The number of benzene rings is 1. The van der Waals surface area contributed by atoms with Crippen LogP contribution in [0.3, 0.4) is 0 Å². The van der Waals surface area contributed by atoms with E-state index in [0.717, 1.165) is 20.7 Å². The number of anilines is 1. The Kier molecular flexibility index (Phi) is 2.83. The van der Waals surface area contributed by atoms with E-state index in [1.54, 1.807) is 18.2 Å². The van der Waals surface area contributed by atoms with Gasteiger partial charge in [0.1, 0.15) is 5.01 Å². The molecule has 0 aliphatic carbocycles. The van der Waals surface area contributed by atoms with E-state index in [4.69, 9.17) is 5.73 Å². The second kappa shape index (κ2) is 4.39. The lowest BCUT2D eigenvalue weighted by Crippen LogP contribution is -2.29. The SMILES string of the molecule is Nc1nnc(CN2C(=O)c3ccc(Br)cc3C2=O)s1. The Hall–Kier alpha value is -1.80. The fourth-order valence-electron chi connectivity index (χ4n) is 1.87. The summed E-state index contributed by atoms with van der Waals surface area (Å²) in [6.07, 6.45) is 0. The van der Waals surface area contributed by atoms with Crippen LogP contribution in [0.15, 0.2) is 22.7 Å². The average Bonchev–Trinajstić information content (AvgIpc) is 2.88. The monoisotopic (exact) mass is 338 g/mol. The highest BCUT2D eigenvalue weighted by molar-refractivity contribution is 9.10. The Morgan fingerprint density at radius 3 is 2.63 bits per heavy atom. The molecule has 3 rings (SSSR count). The zero-order valence-corrected chi connectivity index (χ0v) is 11.9. The van der Waals surface area contributed by atoms with Crippen LogP contribution >= 0.6 is 27.3 Å². The molecule has 6 nitrogen and oxygen atoms in total. The number of carbonyl (C=O) groups is 2. The van der Waals surface area contributed by atoms with Crippen molar-refractivity contribution in [2.24, 2.45) is 0 Å². The van der Waals surface area contributed by atoms with Gasteiger partial charge in [-0.3, -0.25) is 14.5 Å². The van der Waals surface area contributed by atoms with Crippen LogP contribution in [0.4, 0.5) is 5.13 Å². The zero-order chi connectivity index (χ0) is 13.6. The van der Waals surface area contributed by atoms with Crippen molar-refractivity contribution in [1.82, 2.24) is 15.1 Å². The van der Waals surface area contributed by atoms with Gasteiger partial charge in [-0.25, -0.2) is 0 Å². The normalized spacial score (nSPS) is 14.1. The van der Waals surface area contributed by atoms with Crippen LogP contribution in [0.2, 0.25) is 0 Å². The summed E-state index contributed by atoms with van der Waals surface area (Å²) in [7, 11) is 0. The number of halogens is 1. The third kappa shape index (κ3) is 2.02. The Balaban J connectivity index is 1.94. The number of nitrogens with zero attached hydrogens (tertiary/aromatic N) is 3. The molecule has 0 saturated carbocycles. The van der Waals surface area contributed by atoms with Gasteiger partial charge < -0.3 is 5.73 Å². The molecule has 0 atom stereocenters. The number of nitrogen functional groups attached to an aromatic ring is 1. The first-order chi connectivity index (χ1) is 9.06. The second-order valence-electron chi connectivity index (χ2n) is 3.92. The maximum atomic E-state index is 12.2. The van der Waals surface area contributed by atoms with Crippen molar-refractivity contribution in [2.75, 3.05) is 5.73 Å². The average molecular weight is 339 g/mol. The van der Waals surface area contributed by atoms with Crippen molar-refractivity contribution in [1.29, 1.82) is 0 Å². The summed E-state index contributed by atoms with van der Waals surface area (Å²) in [5.74, 6) is -0.642. The molecule has 0 fully saturated rings. The van der Waals surface area contributed by atoms with Crippen molar-refractivity contribution in [3.05, 3.63) is 38.8 Å². The summed E-state index contributed by atoms with van der Waals surface area (Å²) in [5, 5.41) is 8.33. The third-order valence-electron chi connectivity index (χ3n) is 2.71. The molecule has 2 amide bonds. The molecule has 96 valence electrons. The number of aromatic nitrogens is 2. The first kappa shape index (κ1) is 12.2. The summed E-state index contributed by atoms with van der Waals surface area (Å²) in [6.45, 7) is 0.0961. The van der Waals surface area contributed by atoms with Crippen LogP contribution in [0.1, 0.15) is 25.7 Å². The molecule has 0 unspecified atom stereocenters. The molecule has 19 heavy (non-hydrogen) atoms. The van der Waals surface area contributed by atoms with Gasteiger partial charge in [0.2, 0.25) is 5.13 Å². The van der Waals surface area contributed by atoms with Crippen LogP contribution in [0, 0.1) is 0 Å². The van der Waals surface area contributed by atoms with E-state index in [2.05, 4.69) is 26.1 Å². The Bertz CT molecular complexity index is 700. The fourth-order valence-corrected chi connectivity index (χ4v) is 2.83. The number of amides is 2. The van der Waals surface area contributed by atoms with E-state index < -0.39 is 0 Å². The van der Waals surface area contributed by atoms with Gasteiger partial charge in [0.25, 0.3) is 11.8 Å². The van der Waals surface area contributed by atoms with E-state index in [9.17, 15) is 9.59 Å².